The molecule has 0 unspecified atom stereocenters. The van der Waals surface area contributed by atoms with Gasteiger partial charge in [0, 0.05) is 36.4 Å². The normalized spacial score (nSPS) is 27.1. The minimum absolute atomic E-state index is 0.0225. The van der Waals surface area contributed by atoms with E-state index in [9.17, 15) is 41.6 Å². The maximum Gasteiger partial charge on any atom is 0.271 e. The van der Waals surface area contributed by atoms with Gasteiger partial charge in [-0.3, -0.25) is 14.4 Å². The fourth-order valence-electron chi connectivity index (χ4n) is 5.99. The third kappa shape index (κ3) is 4.35. The lowest BCUT2D eigenvalue weighted by Gasteiger charge is -2.53. The maximum absolute atomic E-state index is 14.9. The second-order valence-electron chi connectivity index (χ2n) is 10.1. The topological polar surface area (TPSA) is 118 Å². The summed E-state index contributed by atoms with van der Waals surface area (Å²) in [6, 6.07) is -0.723. The lowest BCUT2D eigenvalue weighted by Crippen LogP contribution is -2.68. The number of aromatic amines is 1. The summed E-state index contributed by atoms with van der Waals surface area (Å²) in [6.07, 6.45) is 0.601. The molecule has 38 heavy (non-hydrogen) atoms. The maximum atomic E-state index is 14.9. The van der Waals surface area contributed by atoms with E-state index in [0.717, 1.165) is 11.0 Å². The summed E-state index contributed by atoms with van der Waals surface area (Å²) >= 11 is 0. The second kappa shape index (κ2) is 9.56. The smallest absolute Gasteiger partial charge is 0.271 e. The lowest BCUT2D eigenvalue weighted by atomic mass is 9.71. The number of fused-ring (bicyclic) bond motifs is 4. The molecule has 8 nitrogen and oxygen atoms in total. The average Bonchev–Trinajstić information content (AvgIpc) is 3.33. The highest BCUT2D eigenvalue weighted by atomic mass is 19.3. The van der Waals surface area contributed by atoms with Gasteiger partial charge in [-0.15, -0.1) is 0 Å². The summed E-state index contributed by atoms with van der Waals surface area (Å²) in [5.74, 6) is -11.6. The van der Waals surface area contributed by atoms with Crippen LogP contribution in [0.15, 0.2) is 12.1 Å². The number of H-pyrrole nitrogens is 1. The van der Waals surface area contributed by atoms with Crippen molar-refractivity contribution in [2.24, 2.45) is 11.8 Å². The molecular formula is C25H24F5N5O3. The molecule has 3 N–H and O–H groups in total. The first-order valence-corrected chi connectivity index (χ1v) is 12.4. The van der Waals surface area contributed by atoms with Gasteiger partial charge in [-0.1, -0.05) is 0 Å². The average molecular weight is 537 g/mol. The number of piperidine rings is 3. The predicted molar refractivity (Wildman–Crippen MR) is 122 cm³/mol. The van der Waals surface area contributed by atoms with E-state index in [-0.39, 0.29) is 25.2 Å². The van der Waals surface area contributed by atoms with Crippen molar-refractivity contribution in [2.75, 3.05) is 6.54 Å². The van der Waals surface area contributed by atoms with Crippen LogP contribution >= 0.6 is 0 Å². The number of rotatable bonds is 5. The SMILES string of the molecule is N#C[C@@H](C[C@H]1CCCNC1=O)NC(=O)[C@@H]1[C@@H]2CC[C@@H](CC2(F)F)N1C(=O)c1cc2c(F)cc(F)c(F)c2[nH]1. The molecule has 4 fully saturated rings. The Bertz CT molecular complexity index is 1360. The van der Waals surface area contributed by atoms with Gasteiger partial charge in [-0.2, -0.15) is 5.26 Å². The largest absolute Gasteiger partial charge is 0.356 e. The molecular weight excluding hydrogens is 513 g/mol. The number of aromatic nitrogens is 1. The summed E-state index contributed by atoms with van der Waals surface area (Å²) < 4.78 is 72.0. The molecule has 2 bridgehead atoms. The van der Waals surface area contributed by atoms with Crippen LogP contribution in [-0.4, -0.2) is 58.2 Å². The summed E-state index contributed by atoms with van der Waals surface area (Å²) in [5, 5.41) is 14.3. The summed E-state index contributed by atoms with van der Waals surface area (Å²) in [6.45, 7) is 0.504. The van der Waals surface area contributed by atoms with Crippen LogP contribution in [0.4, 0.5) is 22.0 Å². The van der Waals surface area contributed by atoms with Crippen molar-refractivity contribution in [1.82, 2.24) is 20.5 Å². The molecule has 13 heteroatoms. The highest BCUT2D eigenvalue weighted by Gasteiger charge is 2.60. The minimum atomic E-state index is -3.27. The monoisotopic (exact) mass is 537 g/mol. The summed E-state index contributed by atoms with van der Waals surface area (Å²) in [7, 11) is 0. The van der Waals surface area contributed by atoms with Gasteiger partial charge in [-0.05, 0) is 38.2 Å². The van der Waals surface area contributed by atoms with E-state index in [1.165, 1.54) is 0 Å². The summed E-state index contributed by atoms with van der Waals surface area (Å²) in [4.78, 5) is 42.3. The van der Waals surface area contributed by atoms with Crippen LogP contribution in [0.2, 0.25) is 0 Å². The van der Waals surface area contributed by atoms with E-state index in [0.29, 0.717) is 25.5 Å². The van der Waals surface area contributed by atoms with Crippen molar-refractivity contribution in [2.45, 2.75) is 62.6 Å². The molecule has 5 atom stereocenters. The number of nitrogens with zero attached hydrogens (tertiary/aromatic N) is 2. The molecule has 6 rings (SSSR count). The van der Waals surface area contributed by atoms with E-state index in [1.54, 1.807) is 0 Å². The zero-order chi connectivity index (χ0) is 27.4. The number of amides is 3. The molecule has 1 saturated carbocycles. The molecule has 1 aliphatic carbocycles. The Morgan fingerprint density at radius 1 is 1.18 bits per heavy atom. The van der Waals surface area contributed by atoms with Crippen LogP contribution in [0.3, 0.4) is 0 Å². The van der Waals surface area contributed by atoms with E-state index in [2.05, 4.69) is 15.6 Å². The van der Waals surface area contributed by atoms with Gasteiger partial charge in [0.15, 0.2) is 11.6 Å². The molecule has 1 aromatic heterocycles. The number of hydrogen-bond donors (Lipinski definition) is 3. The van der Waals surface area contributed by atoms with Crippen molar-refractivity contribution < 1.29 is 36.3 Å². The Morgan fingerprint density at radius 2 is 1.95 bits per heavy atom. The Balaban J connectivity index is 1.44. The van der Waals surface area contributed by atoms with Crippen LogP contribution in [0.5, 0.6) is 0 Å². The van der Waals surface area contributed by atoms with Crippen LogP contribution in [0.25, 0.3) is 10.9 Å². The predicted octanol–water partition coefficient (Wildman–Crippen LogP) is 3.14. The third-order valence-electron chi connectivity index (χ3n) is 7.82. The van der Waals surface area contributed by atoms with Gasteiger partial charge in [0.2, 0.25) is 11.8 Å². The molecule has 3 saturated heterocycles. The van der Waals surface area contributed by atoms with E-state index in [4.69, 9.17) is 0 Å². The second-order valence-corrected chi connectivity index (χ2v) is 10.1. The fourth-order valence-corrected chi connectivity index (χ4v) is 5.99. The van der Waals surface area contributed by atoms with Crippen LogP contribution < -0.4 is 10.6 Å². The molecule has 0 radical (unpaired) electrons. The zero-order valence-electron chi connectivity index (χ0n) is 20.0. The van der Waals surface area contributed by atoms with Gasteiger partial charge in [-0.25, -0.2) is 22.0 Å². The Hall–Kier alpha value is -3.69. The van der Waals surface area contributed by atoms with Gasteiger partial charge in [0.1, 0.15) is 23.6 Å². The third-order valence-corrected chi connectivity index (χ3v) is 7.82. The van der Waals surface area contributed by atoms with Crippen LogP contribution in [0.1, 0.15) is 49.0 Å². The highest BCUT2D eigenvalue weighted by Crippen LogP contribution is 2.49. The number of carbonyl (C=O) groups excluding carboxylic acids is 3. The van der Waals surface area contributed by atoms with Crippen LogP contribution in [0, 0.1) is 40.6 Å². The number of alkyl halides is 2. The number of benzene rings is 1. The van der Waals surface area contributed by atoms with Crippen molar-refractivity contribution in [3.8, 4) is 6.07 Å². The Morgan fingerprint density at radius 3 is 2.63 bits per heavy atom. The Labute approximate surface area is 213 Å². The molecule has 202 valence electrons. The first kappa shape index (κ1) is 25.9. The number of carbonyl (C=O) groups is 3. The number of halogens is 5. The number of nitriles is 1. The Kier molecular flexibility index (Phi) is 6.53. The zero-order valence-corrected chi connectivity index (χ0v) is 20.0. The first-order valence-electron chi connectivity index (χ1n) is 12.4. The van der Waals surface area contributed by atoms with Gasteiger partial charge in [0.25, 0.3) is 11.8 Å². The van der Waals surface area contributed by atoms with E-state index >= 15 is 0 Å². The fraction of sp³-hybridized carbons (Fsp3) is 0.520. The van der Waals surface area contributed by atoms with Crippen molar-refractivity contribution >= 4 is 28.6 Å². The molecule has 4 heterocycles. The molecule has 0 spiro atoms. The van der Waals surface area contributed by atoms with Crippen molar-refractivity contribution in [3.05, 3.63) is 35.3 Å². The molecule has 4 aliphatic rings. The lowest BCUT2D eigenvalue weighted by molar-refractivity contribution is -0.179. The molecule has 3 aliphatic heterocycles. The van der Waals surface area contributed by atoms with Crippen LogP contribution in [-0.2, 0) is 9.59 Å². The first-order chi connectivity index (χ1) is 18.0. The van der Waals surface area contributed by atoms with Crippen molar-refractivity contribution in [1.29, 1.82) is 5.26 Å². The summed E-state index contributed by atoms with van der Waals surface area (Å²) in [5.41, 5.74) is -0.998. The van der Waals surface area contributed by atoms with Gasteiger partial charge >= 0.3 is 0 Å². The quantitative estimate of drug-likeness (QED) is 0.401. The van der Waals surface area contributed by atoms with Gasteiger partial charge in [0.05, 0.1) is 17.5 Å². The highest BCUT2D eigenvalue weighted by molar-refractivity contribution is 6.01. The molecule has 1 aromatic carbocycles. The standard InChI is InChI=1S/C25H24F5N5O3/c26-16-8-17(27)19(28)20-14(16)7-18(34-20)24(38)35-13-3-4-15(25(29,30)9-13)21(35)23(37)33-12(10-31)6-11-2-1-5-32-22(11)36/h7-8,11-13,15,21,34H,1-6,9H2,(H,32,36)(H,33,37)/t11-,12-,13+,15+,21+/m1/s1. The number of nitrogens with one attached hydrogen (secondary N) is 3. The van der Waals surface area contributed by atoms with E-state index < -0.39 is 88.2 Å². The number of hydrogen-bond acceptors (Lipinski definition) is 4. The van der Waals surface area contributed by atoms with Gasteiger partial charge < -0.3 is 20.5 Å². The van der Waals surface area contributed by atoms with E-state index in [1.807, 2.05) is 6.07 Å². The molecule has 3 amide bonds. The molecule has 2 aromatic rings. The minimum Gasteiger partial charge on any atom is -0.356 e. The van der Waals surface area contributed by atoms with Crippen molar-refractivity contribution in [3.63, 3.8) is 0 Å².